The average Bonchev–Trinajstić information content (AvgIpc) is 3.29. The fourth-order valence-corrected chi connectivity index (χ4v) is 4.85. The number of fused-ring (bicyclic) bond motifs is 3. The van der Waals surface area contributed by atoms with Crippen molar-refractivity contribution >= 4 is 32.3 Å². The summed E-state index contributed by atoms with van der Waals surface area (Å²) >= 11 is 2.42. The van der Waals surface area contributed by atoms with Crippen molar-refractivity contribution in [3.8, 4) is 0 Å². The fourth-order valence-electron chi connectivity index (χ4n) is 4.85. The second-order valence-corrected chi connectivity index (χ2v) is 9.19. The van der Waals surface area contributed by atoms with Gasteiger partial charge in [-0.3, -0.25) is 0 Å². The molecule has 6 heteroatoms. The Bertz CT molecular complexity index is 1020. The minimum atomic E-state index is 0.463. The van der Waals surface area contributed by atoms with Crippen molar-refractivity contribution in [3.05, 3.63) is 77.7 Å². The first-order valence-corrected chi connectivity index (χ1v) is 13.5. The van der Waals surface area contributed by atoms with Crippen molar-refractivity contribution in [3.63, 3.8) is 0 Å². The quantitative estimate of drug-likeness (QED) is 0.305. The molecule has 4 nitrogen and oxygen atoms in total. The summed E-state index contributed by atoms with van der Waals surface area (Å²) in [5, 5.41) is 0. The van der Waals surface area contributed by atoms with Gasteiger partial charge in [0, 0.05) is 30.2 Å². The zero-order valence-electron chi connectivity index (χ0n) is 19.7. The third kappa shape index (κ3) is 4.78. The Kier molecular flexibility index (Phi) is 7.93. The van der Waals surface area contributed by atoms with E-state index in [1.165, 1.54) is 39.4 Å². The molecule has 0 unspecified atom stereocenters. The van der Waals surface area contributed by atoms with Gasteiger partial charge in [0.15, 0.2) is 0 Å². The van der Waals surface area contributed by atoms with Crippen molar-refractivity contribution in [2.45, 2.75) is 39.5 Å². The van der Waals surface area contributed by atoms with Crippen molar-refractivity contribution in [1.29, 1.82) is 0 Å². The van der Waals surface area contributed by atoms with E-state index in [0.29, 0.717) is 11.8 Å². The average molecular weight is 558 g/mol. The number of halogens is 1. The normalized spacial score (nSPS) is 17.1. The second kappa shape index (κ2) is 10.7. The molecule has 0 bridgehead atoms. The predicted octanol–water partition coefficient (Wildman–Crippen LogP) is 6.77. The molecule has 180 valence electrons. The van der Waals surface area contributed by atoms with Crippen molar-refractivity contribution in [2.24, 2.45) is 0 Å². The molecule has 0 atom stereocenters. The maximum absolute atomic E-state index is 5.60. The molecule has 0 spiro atoms. The molecule has 0 radical (unpaired) electrons. The first-order chi connectivity index (χ1) is 16.0. The van der Waals surface area contributed by atoms with E-state index in [2.05, 4.69) is 133 Å². The maximum atomic E-state index is 5.60. The van der Waals surface area contributed by atoms with Crippen LogP contribution >= 0.6 is 9.19 Å². The predicted molar refractivity (Wildman–Crippen MR) is 136 cm³/mol. The summed E-state index contributed by atoms with van der Waals surface area (Å²) in [4.78, 5) is 7.16. The number of benzene rings is 2. The van der Waals surface area contributed by atoms with Gasteiger partial charge in [-0.2, -0.15) is 0 Å². The van der Waals surface area contributed by atoms with Crippen LogP contribution in [0.25, 0.3) is 6.08 Å². The van der Waals surface area contributed by atoms with Crippen molar-refractivity contribution in [1.82, 2.24) is 0 Å². The molecule has 5 rings (SSSR count). The summed E-state index contributed by atoms with van der Waals surface area (Å²) in [6.45, 7) is 14.9. The SMILES string of the molecule is CC(C)c1cccc(C(C)C)c1N1C=C2C=Cc3cccc(N4CCOCC4)c3N2[CH-]1.[Cl][Ag]. The van der Waals surface area contributed by atoms with E-state index in [4.69, 9.17) is 4.74 Å². The molecule has 33 heavy (non-hydrogen) atoms. The number of para-hydroxylation sites is 2. The molecular formula is C27H32AgClN3O-. The van der Waals surface area contributed by atoms with E-state index in [-0.39, 0.29) is 0 Å². The molecule has 3 aliphatic rings. The van der Waals surface area contributed by atoms with Gasteiger partial charge >= 0.3 is 29.2 Å². The Morgan fingerprint density at radius 1 is 0.879 bits per heavy atom. The molecule has 2 aromatic rings. The van der Waals surface area contributed by atoms with Gasteiger partial charge in [-0.05, 0) is 46.9 Å². The number of anilines is 3. The Labute approximate surface area is 214 Å². The first kappa shape index (κ1) is 24.4. The molecule has 3 aliphatic heterocycles. The van der Waals surface area contributed by atoms with Crippen LogP contribution in [0.5, 0.6) is 0 Å². The van der Waals surface area contributed by atoms with E-state index >= 15 is 0 Å². The number of hydrogen-bond donors (Lipinski definition) is 0. The third-order valence-electron chi connectivity index (χ3n) is 6.46. The van der Waals surface area contributed by atoms with Crippen LogP contribution in [0.15, 0.2) is 54.4 Å². The summed E-state index contributed by atoms with van der Waals surface area (Å²) in [7, 11) is 4.45. The van der Waals surface area contributed by atoms with Crippen LogP contribution in [0, 0.1) is 6.67 Å². The molecule has 1 fully saturated rings. The van der Waals surface area contributed by atoms with E-state index in [0.717, 1.165) is 26.3 Å². The molecular weight excluding hydrogens is 526 g/mol. The van der Waals surface area contributed by atoms with Crippen LogP contribution in [-0.4, -0.2) is 26.3 Å². The number of ether oxygens (including phenoxy) is 1. The van der Waals surface area contributed by atoms with Gasteiger partial charge in [0.1, 0.15) is 0 Å². The fraction of sp³-hybridized carbons (Fsp3) is 0.370. The number of morpholine rings is 1. The summed E-state index contributed by atoms with van der Waals surface area (Å²) in [6.07, 6.45) is 6.76. The van der Waals surface area contributed by atoms with Gasteiger partial charge in [-0.25, -0.2) is 0 Å². The Hall–Kier alpha value is -1.69. The first-order valence-electron chi connectivity index (χ1n) is 11.6. The standard InChI is InChI=1S/C27H32N3O.Ag.ClH/c1-19(2)23-8-6-9-24(20(3)4)27(23)29-17-22-12-11-21-7-5-10-25(26(21)30(22)18-29)28-13-15-31-16-14-28;;/h5-12,17-20H,13-16H2,1-4H3;;1H/q-1;+1;/p-1. The van der Waals surface area contributed by atoms with E-state index < -0.39 is 0 Å². The van der Waals surface area contributed by atoms with Crippen LogP contribution in [-0.2, 0) is 24.7 Å². The number of allylic oxidation sites excluding steroid dienone is 1. The van der Waals surface area contributed by atoms with Crippen molar-refractivity contribution in [2.75, 3.05) is 41.0 Å². The van der Waals surface area contributed by atoms with E-state index in [1.807, 2.05) is 0 Å². The van der Waals surface area contributed by atoms with Gasteiger partial charge in [0.2, 0.25) is 0 Å². The van der Waals surface area contributed by atoms with E-state index in [9.17, 15) is 0 Å². The molecule has 0 amide bonds. The monoisotopic (exact) mass is 556 g/mol. The van der Waals surface area contributed by atoms with Crippen LogP contribution in [0.1, 0.15) is 56.2 Å². The second-order valence-electron chi connectivity index (χ2n) is 9.19. The molecule has 3 heterocycles. The van der Waals surface area contributed by atoms with Gasteiger partial charge in [-0.15, -0.1) is 6.67 Å². The minimum absolute atomic E-state index is 0.463. The Balaban J connectivity index is 0.00000126. The Morgan fingerprint density at radius 3 is 2.15 bits per heavy atom. The Morgan fingerprint density at radius 2 is 1.52 bits per heavy atom. The molecule has 1 saturated heterocycles. The topological polar surface area (TPSA) is 19.0 Å². The van der Waals surface area contributed by atoms with Gasteiger partial charge in [-0.1, -0.05) is 64.1 Å². The van der Waals surface area contributed by atoms with E-state index in [1.54, 1.807) is 0 Å². The summed E-state index contributed by atoms with van der Waals surface area (Å²) in [6, 6.07) is 13.4. The van der Waals surface area contributed by atoms with Crippen LogP contribution in [0.2, 0.25) is 0 Å². The van der Waals surface area contributed by atoms with Gasteiger partial charge in [0.25, 0.3) is 0 Å². The number of hydrogen-bond acceptors (Lipinski definition) is 4. The summed E-state index contributed by atoms with van der Waals surface area (Å²) in [5.41, 5.74) is 9.15. The van der Waals surface area contributed by atoms with Crippen molar-refractivity contribution < 1.29 is 24.7 Å². The molecule has 0 N–H and O–H groups in total. The third-order valence-corrected chi connectivity index (χ3v) is 6.46. The molecule has 2 aromatic carbocycles. The van der Waals surface area contributed by atoms with Gasteiger partial charge < -0.3 is 19.4 Å². The summed E-state index contributed by atoms with van der Waals surface area (Å²) < 4.78 is 5.60. The van der Waals surface area contributed by atoms with Crippen LogP contribution < -0.4 is 14.7 Å². The zero-order chi connectivity index (χ0) is 23.5. The summed E-state index contributed by atoms with van der Waals surface area (Å²) in [5.74, 6) is 0.926. The molecule has 0 saturated carbocycles. The molecule has 0 aromatic heterocycles. The van der Waals surface area contributed by atoms with Gasteiger partial charge in [0.05, 0.1) is 18.9 Å². The number of nitrogens with zero attached hydrogens (tertiary/aromatic N) is 3. The van der Waals surface area contributed by atoms with Crippen LogP contribution in [0.4, 0.5) is 17.1 Å². The number of rotatable bonds is 4. The molecule has 0 aliphatic carbocycles. The zero-order valence-corrected chi connectivity index (χ0v) is 21.9. The van der Waals surface area contributed by atoms with Crippen LogP contribution in [0.3, 0.4) is 0 Å².